The van der Waals surface area contributed by atoms with Crippen LogP contribution in [-0.2, 0) is 25.9 Å². The van der Waals surface area contributed by atoms with Gasteiger partial charge in [-0.25, -0.2) is 0 Å². The van der Waals surface area contributed by atoms with Gasteiger partial charge in [0.15, 0.2) is 0 Å². The molecule has 130 valence electrons. The molecule has 2 nitrogen and oxygen atoms in total. The van der Waals surface area contributed by atoms with Crippen molar-refractivity contribution in [2.75, 3.05) is 13.6 Å². The fourth-order valence-corrected chi connectivity index (χ4v) is 4.17. The number of rotatable bonds is 4. The van der Waals surface area contributed by atoms with E-state index in [1.54, 1.807) is 0 Å². The van der Waals surface area contributed by atoms with E-state index in [0.29, 0.717) is 0 Å². The molecule has 25 heavy (non-hydrogen) atoms. The number of benzene rings is 2. The average Bonchev–Trinajstić information content (AvgIpc) is 2.89. The Morgan fingerprint density at radius 2 is 1.88 bits per heavy atom. The highest BCUT2D eigenvalue weighted by atomic mass is 35.5. The Kier molecular flexibility index (Phi) is 4.58. The van der Waals surface area contributed by atoms with Crippen molar-refractivity contribution >= 4 is 22.5 Å². The molecule has 0 N–H and O–H groups in total. The fraction of sp³-hybridized carbons (Fsp3) is 0.364. The summed E-state index contributed by atoms with van der Waals surface area (Å²) in [6, 6.07) is 15.3. The summed E-state index contributed by atoms with van der Waals surface area (Å²) < 4.78 is 2.53. The summed E-state index contributed by atoms with van der Waals surface area (Å²) in [4.78, 5) is 2.42. The molecule has 0 unspecified atom stereocenters. The number of hydrogen-bond donors (Lipinski definition) is 0. The SMILES string of the molecule is Cc1ccc(CCCn2c3c(c4cc(Cl)ccc42)CCN(C)C3)cc1. The van der Waals surface area contributed by atoms with Crippen molar-refractivity contribution in [2.24, 2.45) is 0 Å². The Labute approximate surface area is 155 Å². The van der Waals surface area contributed by atoms with Crippen LogP contribution in [0.2, 0.25) is 5.02 Å². The van der Waals surface area contributed by atoms with Crippen LogP contribution in [0.5, 0.6) is 0 Å². The molecule has 0 saturated heterocycles. The lowest BCUT2D eigenvalue weighted by Crippen LogP contribution is -2.27. The van der Waals surface area contributed by atoms with E-state index >= 15 is 0 Å². The molecule has 1 aromatic heterocycles. The Hall–Kier alpha value is -1.77. The number of fused-ring (bicyclic) bond motifs is 3. The molecule has 0 saturated carbocycles. The molecule has 2 aromatic carbocycles. The number of hydrogen-bond acceptors (Lipinski definition) is 1. The third-order valence-electron chi connectivity index (χ3n) is 5.38. The lowest BCUT2D eigenvalue weighted by atomic mass is 10.0. The molecule has 4 rings (SSSR count). The zero-order valence-corrected chi connectivity index (χ0v) is 15.8. The van der Waals surface area contributed by atoms with Crippen LogP contribution in [0.25, 0.3) is 10.9 Å². The Morgan fingerprint density at radius 1 is 1.08 bits per heavy atom. The summed E-state index contributed by atoms with van der Waals surface area (Å²) in [5, 5.41) is 2.19. The van der Waals surface area contributed by atoms with Gasteiger partial charge < -0.3 is 9.47 Å². The molecule has 1 aliphatic heterocycles. The highest BCUT2D eigenvalue weighted by Crippen LogP contribution is 2.32. The van der Waals surface area contributed by atoms with Gasteiger partial charge in [0, 0.05) is 41.3 Å². The second-order valence-corrected chi connectivity index (χ2v) is 7.75. The first-order valence-electron chi connectivity index (χ1n) is 9.15. The van der Waals surface area contributed by atoms with Gasteiger partial charge in [-0.15, -0.1) is 0 Å². The maximum Gasteiger partial charge on any atom is 0.0486 e. The minimum atomic E-state index is 0.839. The molecule has 0 bridgehead atoms. The van der Waals surface area contributed by atoms with Crippen molar-refractivity contribution in [3.05, 3.63) is 69.9 Å². The van der Waals surface area contributed by atoms with Gasteiger partial charge in [0.05, 0.1) is 0 Å². The molecule has 0 amide bonds. The standard InChI is InChI=1S/C22H25ClN2/c1-16-5-7-17(8-6-16)4-3-12-25-21-10-9-18(23)14-20(21)19-11-13-24(2)15-22(19)25/h5-10,14H,3-4,11-13,15H2,1-2H3. The highest BCUT2D eigenvalue weighted by molar-refractivity contribution is 6.31. The van der Waals surface area contributed by atoms with Crippen molar-refractivity contribution in [1.29, 1.82) is 0 Å². The van der Waals surface area contributed by atoms with Crippen molar-refractivity contribution in [3.63, 3.8) is 0 Å². The van der Waals surface area contributed by atoms with Crippen molar-refractivity contribution in [3.8, 4) is 0 Å². The molecule has 0 spiro atoms. The summed E-state index contributed by atoms with van der Waals surface area (Å²) in [5.74, 6) is 0. The molecule has 0 fully saturated rings. The van der Waals surface area contributed by atoms with Crippen LogP contribution in [0, 0.1) is 6.92 Å². The van der Waals surface area contributed by atoms with Crippen molar-refractivity contribution in [2.45, 2.75) is 39.3 Å². The fourth-order valence-electron chi connectivity index (χ4n) is 4.00. The quantitative estimate of drug-likeness (QED) is 0.624. The molecular weight excluding hydrogens is 328 g/mol. The van der Waals surface area contributed by atoms with E-state index in [1.807, 2.05) is 6.07 Å². The number of halogens is 1. The highest BCUT2D eigenvalue weighted by Gasteiger charge is 2.22. The zero-order valence-electron chi connectivity index (χ0n) is 15.1. The summed E-state index contributed by atoms with van der Waals surface area (Å²) >= 11 is 6.28. The van der Waals surface area contributed by atoms with Gasteiger partial charge in [-0.1, -0.05) is 41.4 Å². The average molecular weight is 353 g/mol. The maximum atomic E-state index is 6.28. The third kappa shape index (κ3) is 3.33. The first kappa shape index (κ1) is 16.7. The van der Waals surface area contributed by atoms with Crippen LogP contribution in [0.1, 0.15) is 28.8 Å². The van der Waals surface area contributed by atoms with Crippen molar-refractivity contribution in [1.82, 2.24) is 9.47 Å². The van der Waals surface area contributed by atoms with E-state index in [2.05, 4.69) is 59.8 Å². The van der Waals surface area contributed by atoms with Gasteiger partial charge in [-0.2, -0.15) is 0 Å². The van der Waals surface area contributed by atoms with E-state index < -0.39 is 0 Å². The van der Waals surface area contributed by atoms with Crippen LogP contribution in [0.15, 0.2) is 42.5 Å². The number of aryl methyl sites for hydroxylation is 3. The molecule has 0 aliphatic carbocycles. The van der Waals surface area contributed by atoms with Gasteiger partial charge in [-0.3, -0.25) is 0 Å². The topological polar surface area (TPSA) is 8.17 Å². The van der Waals surface area contributed by atoms with Gasteiger partial charge in [0.2, 0.25) is 0 Å². The van der Waals surface area contributed by atoms with Crippen LogP contribution in [0.4, 0.5) is 0 Å². The van der Waals surface area contributed by atoms with E-state index in [-0.39, 0.29) is 0 Å². The number of likely N-dealkylation sites (N-methyl/N-ethyl adjacent to an activating group) is 1. The molecule has 3 heteroatoms. The van der Waals surface area contributed by atoms with Crippen molar-refractivity contribution < 1.29 is 0 Å². The van der Waals surface area contributed by atoms with E-state index in [9.17, 15) is 0 Å². The largest absolute Gasteiger partial charge is 0.343 e. The Balaban J connectivity index is 1.62. The van der Waals surface area contributed by atoms with Crippen LogP contribution in [0.3, 0.4) is 0 Å². The summed E-state index contributed by atoms with van der Waals surface area (Å²) in [5.41, 5.74) is 7.08. The molecule has 0 atom stereocenters. The molecule has 0 radical (unpaired) electrons. The van der Waals surface area contributed by atoms with Gasteiger partial charge in [0.1, 0.15) is 0 Å². The van der Waals surface area contributed by atoms with E-state index in [4.69, 9.17) is 11.6 Å². The first-order valence-corrected chi connectivity index (χ1v) is 9.53. The monoisotopic (exact) mass is 352 g/mol. The minimum absolute atomic E-state index is 0.839. The molecule has 3 aromatic rings. The molecule has 2 heterocycles. The van der Waals surface area contributed by atoms with Gasteiger partial charge in [0.25, 0.3) is 0 Å². The minimum Gasteiger partial charge on any atom is -0.343 e. The van der Waals surface area contributed by atoms with Crippen LogP contribution < -0.4 is 0 Å². The second-order valence-electron chi connectivity index (χ2n) is 7.32. The number of aromatic nitrogens is 1. The van der Waals surface area contributed by atoms with E-state index in [1.165, 1.54) is 33.3 Å². The predicted molar refractivity (Wildman–Crippen MR) is 106 cm³/mol. The Morgan fingerprint density at radius 3 is 2.68 bits per heavy atom. The number of nitrogens with zero attached hydrogens (tertiary/aromatic N) is 2. The maximum absolute atomic E-state index is 6.28. The summed E-state index contributed by atoms with van der Waals surface area (Å²) in [7, 11) is 2.21. The normalized spacial score (nSPS) is 14.8. The van der Waals surface area contributed by atoms with Crippen LogP contribution >= 0.6 is 11.6 Å². The smallest absolute Gasteiger partial charge is 0.0486 e. The molecular formula is C22H25ClN2. The lowest BCUT2D eigenvalue weighted by molar-refractivity contribution is 0.302. The van der Waals surface area contributed by atoms with Gasteiger partial charge in [-0.05, 0) is 62.6 Å². The lowest BCUT2D eigenvalue weighted by Gasteiger charge is -2.24. The summed E-state index contributed by atoms with van der Waals surface area (Å²) in [6.07, 6.45) is 3.40. The van der Waals surface area contributed by atoms with Gasteiger partial charge >= 0.3 is 0 Å². The zero-order chi connectivity index (χ0) is 17.4. The summed E-state index contributed by atoms with van der Waals surface area (Å²) in [6.45, 7) is 5.37. The molecule has 1 aliphatic rings. The van der Waals surface area contributed by atoms with E-state index in [0.717, 1.165) is 43.9 Å². The second kappa shape index (κ2) is 6.86. The Bertz CT molecular complexity index is 893. The predicted octanol–water partition coefficient (Wildman–Crippen LogP) is 5.22. The first-order chi connectivity index (χ1) is 12.1. The van der Waals surface area contributed by atoms with Crippen LogP contribution in [-0.4, -0.2) is 23.1 Å². The third-order valence-corrected chi connectivity index (χ3v) is 5.61.